The summed E-state index contributed by atoms with van der Waals surface area (Å²) >= 11 is 0. The Morgan fingerprint density at radius 1 is 1.17 bits per heavy atom. The molecule has 2 aromatic carbocycles. The normalized spacial score (nSPS) is 13.1. The van der Waals surface area contributed by atoms with Crippen molar-refractivity contribution in [1.82, 2.24) is 4.90 Å². The van der Waals surface area contributed by atoms with Crippen molar-refractivity contribution >= 4 is 18.3 Å². The molecule has 1 atom stereocenters. The van der Waals surface area contributed by atoms with Crippen LogP contribution in [0, 0.1) is 6.92 Å². The van der Waals surface area contributed by atoms with Gasteiger partial charge in [0.05, 0.1) is 0 Å². The molecular formula is C18H21ClN2O3. The number of ether oxygens (including phenoxy) is 2. The highest BCUT2D eigenvalue weighted by Crippen LogP contribution is 2.32. The Kier molecular flexibility index (Phi) is 5.70. The number of nitrogens with zero attached hydrogens (tertiary/aromatic N) is 1. The molecule has 5 nitrogen and oxygen atoms in total. The second kappa shape index (κ2) is 7.55. The molecule has 0 aromatic heterocycles. The average Bonchev–Trinajstić information content (AvgIpc) is 3.01. The lowest BCUT2D eigenvalue weighted by Crippen LogP contribution is -2.35. The number of amides is 1. The van der Waals surface area contributed by atoms with Crippen LogP contribution in [-0.2, 0) is 11.3 Å². The van der Waals surface area contributed by atoms with Gasteiger partial charge in [0.1, 0.15) is 6.04 Å². The molecular weight excluding hydrogens is 328 g/mol. The minimum absolute atomic E-state index is 0. The summed E-state index contributed by atoms with van der Waals surface area (Å²) in [5.74, 6) is 1.33. The van der Waals surface area contributed by atoms with Crippen LogP contribution in [0.1, 0.15) is 22.7 Å². The zero-order valence-corrected chi connectivity index (χ0v) is 14.5. The lowest BCUT2D eigenvalue weighted by atomic mass is 10.0. The van der Waals surface area contributed by atoms with Crippen LogP contribution in [0.5, 0.6) is 11.5 Å². The van der Waals surface area contributed by atoms with Crippen molar-refractivity contribution in [3.8, 4) is 11.5 Å². The van der Waals surface area contributed by atoms with Crippen LogP contribution in [0.4, 0.5) is 0 Å². The van der Waals surface area contributed by atoms with Crippen molar-refractivity contribution in [3.05, 3.63) is 59.2 Å². The molecule has 2 aromatic rings. The maximum atomic E-state index is 12.5. The first kappa shape index (κ1) is 18.1. The van der Waals surface area contributed by atoms with E-state index in [2.05, 4.69) is 0 Å². The van der Waals surface area contributed by atoms with Crippen LogP contribution in [0.3, 0.4) is 0 Å². The maximum Gasteiger partial charge on any atom is 0.244 e. The Labute approximate surface area is 147 Å². The van der Waals surface area contributed by atoms with Gasteiger partial charge in [-0.25, -0.2) is 0 Å². The molecule has 1 amide bonds. The van der Waals surface area contributed by atoms with Crippen molar-refractivity contribution in [2.75, 3.05) is 13.8 Å². The molecule has 1 heterocycles. The summed E-state index contributed by atoms with van der Waals surface area (Å²) in [7, 11) is 1.75. The number of hydrogen-bond donors (Lipinski definition) is 1. The summed E-state index contributed by atoms with van der Waals surface area (Å²) in [5, 5.41) is 0. The van der Waals surface area contributed by atoms with E-state index < -0.39 is 6.04 Å². The quantitative estimate of drug-likeness (QED) is 0.922. The first-order valence-electron chi connectivity index (χ1n) is 7.50. The van der Waals surface area contributed by atoms with E-state index >= 15 is 0 Å². The van der Waals surface area contributed by atoms with Crippen LogP contribution in [0.15, 0.2) is 42.5 Å². The Balaban J connectivity index is 0.00000208. The van der Waals surface area contributed by atoms with Crippen LogP contribution in [0.25, 0.3) is 0 Å². The van der Waals surface area contributed by atoms with Gasteiger partial charge in [0.25, 0.3) is 0 Å². The summed E-state index contributed by atoms with van der Waals surface area (Å²) < 4.78 is 10.6. The number of fused-ring (bicyclic) bond motifs is 1. The second-order valence-corrected chi connectivity index (χ2v) is 5.77. The van der Waals surface area contributed by atoms with Crippen LogP contribution < -0.4 is 15.2 Å². The first-order chi connectivity index (χ1) is 11.0. The van der Waals surface area contributed by atoms with Gasteiger partial charge < -0.3 is 20.1 Å². The molecule has 0 spiro atoms. The molecule has 2 N–H and O–H groups in total. The van der Waals surface area contributed by atoms with E-state index in [0.717, 1.165) is 22.4 Å². The number of rotatable bonds is 4. The number of carbonyl (C=O) groups excluding carboxylic acids is 1. The summed E-state index contributed by atoms with van der Waals surface area (Å²) in [4.78, 5) is 14.1. The Morgan fingerprint density at radius 2 is 1.83 bits per heavy atom. The fourth-order valence-corrected chi connectivity index (χ4v) is 2.54. The smallest absolute Gasteiger partial charge is 0.244 e. The van der Waals surface area contributed by atoms with E-state index in [1.807, 2.05) is 49.4 Å². The van der Waals surface area contributed by atoms with E-state index in [-0.39, 0.29) is 25.1 Å². The molecule has 0 fully saturated rings. The zero-order valence-electron chi connectivity index (χ0n) is 13.7. The Morgan fingerprint density at radius 3 is 2.54 bits per heavy atom. The molecule has 1 aliphatic heterocycles. The minimum Gasteiger partial charge on any atom is -0.454 e. The SMILES string of the molecule is Cc1ccc(C(N)C(=O)N(C)Cc2ccc3c(c2)OCO3)cc1.Cl. The number of aryl methyl sites for hydroxylation is 1. The number of hydrogen-bond acceptors (Lipinski definition) is 4. The molecule has 0 aliphatic carbocycles. The van der Waals surface area contributed by atoms with Crippen molar-refractivity contribution in [2.24, 2.45) is 5.73 Å². The standard InChI is InChI=1S/C18H20N2O3.ClH/c1-12-3-6-14(7-4-12)17(19)18(21)20(2)10-13-5-8-15-16(9-13)23-11-22-15;/h3-9,17H,10-11,19H2,1-2H3;1H. The van der Waals surface area contributed by atoms with E-state index in [1.165, 1.54) is 0 Å². The van der Waals surface area contributed by atoms with E-state index in [1.54, 1.807) is 11.9 Å². The van der Waals surface area contributed by atoms with Gasteiger partial charge in [-0.1, -0.05) is 35.9 Å². The molecule has 0 bridgehead atoms. The van der Waals surface area contributed by atoms with Gasteiger partial charge in [0.2, 0.25) is 12.7 Å². The first-order valence-corrected chi connectivity index (χ1v) is 7.50. The predicted molar refractivity (Wildman–Crippen MR) is 94.4 cm³/mol. The number of carbonyl (C=O) groups is 1. The molecule has 6 heteroatoms. The van der Waals surface area contributed by atoms with E-state index in [9.17, 15) is 4.79 Å². The third kappa shape index (κ3) is 3.80. The molecule has 3 rings (SSSR count). The molecule has 0 saturated carbocycles. The van der Waals surface area contributed by atoms with Gasteiger partial charge >= 0.3 is 0 Å². The van der Waals surface area contributed by atoms with Gasteiger partial charge in [-0.05, 0) is 30.2 Å². The fraction of sp³-hybridized carbons (Fsp3) is 0.278. The molecule has 24 heavy (non-hydrogen) atoms. The summed E-state index contributed by atoms with van der Waals surface area (Å²) in [6.07, 6.45) is 0. The third-order valence-electron chi connectivity index (χ3n) is 3.94. The van der Waals surface area contributed by atoms with E-state index in [4.69, 9.17) is 15.2 Å². The number of nitrogens with two attached hydrogens (primary N) is 1. The fourth-order valence-electron chi connectivity index (χ4n) is 2.54. The van der Waals surface area contributed by atoms with E-state index in [0.29, 0.717) is 12.3 Å². The molecule has 0 radical (unpaired) electrons. The van der Waals surface area contributed by atoms with Crippen molar-refractivity contribution in [2.45, 2.75) is 19.5 Å². The summed E-state index contributed by atoms with van der Waals surface area (Å²) in [5.41, 5.74) is 9.03. The maximum absolute atomic E-state index is 12.5. The lowest BCUT2D eigenvalue weighted by molar-refractivity contribution is -0.131. The highest BCUT2D eigenvalue weighted by Gasteiger charge is 2.21. The number of likely N-dealkylation sites (N-methyl/N-ethyl adjacent to an activating group) is 1. The minimum atomic E-state index is -0.658. The van der Waals surface area contributed by atoms with Crippen molar-refractivity contribution in [1.29, 1.82) is 0 Å². The second-order valence-electron chi connectivity index (χ2n) is 5.77. The molecule has 0 saturated heterocycles. The third-order valence-corrected chi connectivity index (χ3v) is 3.94. The van der Waals surface area contributed by atoms with Gasteiger partial charge in [-0.2, -0.15) is 0 Å². The summed E-state index contributed by atoms with van der Waals surface area (Å²) in [6, 6.07) is 12.7. The monoisotopic (exact) mass is 348 g/mol. The lowest BCUT2D eigenvalue weighted by Gasteiger charge is -2.22. The topological polar surface area (TPSA) is 64.8 Å². The molecule has 128 valence electrons. The van der Waals surface area contributed by atoms with Gasteiger partial charge in [-0.3, -0.25) is 4.79 Å². The Hall–Kier alpha value is -2.24. The van der Waals surface area contributed by atoms with Crippen molar-refractivity contribution in [3.63, 3.8) is 0 Å². The molecule has 1 unspecified atom stereocenters. The number of halogens is 1. The molecule has 1 aliphatic rings. The van der Waals surface area contributed by atoms with Crippen LogP contribution >= 0.6 is 12.4 Å². The van der Waals surface area contributed by atoms with Crippen LogP contribution in [0.2, 0.25) is 0 Å². The average molecular weight is 349 g/mol. The highest BCUT2D eigenvalue weighted by molar-refractivity contribution is 5.85. The largest absolute Gasteiger partial charge is 0.454 e. The van der Waals surface area contributed by atoms with Gasteiger partial charge in [0.15, 0.2) is 11.5 Å². The Bertz CT molecular complexity index is 719. The summed E-state index contributed by atoms with van der Waals surface area (Å²) in [6.45, 7) is 2.71. The number of benzene rings is 2. The predicted octanol–water partition coefficient (Wildman–Crippen LogP) is 2.80. The van der Waals surface area contributed by atoms with Crippen LogP contribution in [-0.4, -0.2) is 24.6 Å². The van der Waals surface area contributed by atoms with Gasteiger partial charge in [-0.15, -0.1) is 12.4 Å². The van der Waals surface area contributed by atoms with Crippen molar-refractivity contribution < 1.29 is 14.3 Å². The highest BCUT2D eigenvalue weighted by atomic mass is 35.5. The van der Waals surface area contributed by atoms with Gasteiger partial charge in [0, 0.05) is 13.6 Å². The zero-order chi connectivity index (χ0) is 16.4.